The van der Waals surface area contributed by atoms with Gasteiger partial charge in [-0.1, -0.05) is 6.07 Å². The summed E-state index contributed by atoms with van der Waals surface area (Å²) >= 11 is 1.42. The predicted octanol–water partition coefficient (Wildman–Crippen LogP) is 2.66. The third-order valence-corrected chi connectivity index (χ3v) is 4.77. The zero-order chi connectivity index (χ0) is 16.3. The van der Waals surface area contributed by atoms with Gasteiger partial charge < -0.3 is 14.8 Å². The van der Waals surface area contributed by atoms with Crippen LogP contribution in [0.4, 0.5) is 0 Å². The van der Waals surface area contributed by atoms with Gasteiger partial charge in [-0.05, 0) is 36.6 Å². The van der Waals surface area contributed by atoms with Crippen LogP contribution in [0.25, 0.3) is 0 Å². The highest BCUT2D eigenvalue weighted by atomic mass is 32.1. The summed E-state index contributed by atoms with van der Waals surface area (Å²) in [4.78, 5) is 24.2. The fraction of sp³-hybridized carbons (Fsp3) is 0.647. The van der Waals surface area contributed by atoms with E-state index >= 15 is 0 Å². The number of amides is 1. The summed E-state index contributed by atoms with van der Waals surface area (Å²) in [6.45, 7) is 3.72. The molecule has 0 radical (unpaired) electrons. The van der Waals surface area contributed by atoms with Gasteiger partial charge in [0.1, 0.15) is 0 Å². The van der Waals surface area contributed by atoms with Crippen LogP contribution in [-0.2, 0) is 14.3 Å². The molecule has 1 N–H and O–H groups in total. The monoisotopic (exact) mass is 339 g/mol. The van der Waals surface area contributed by atoms with E-state index in [9.17, 15) is 9.59 Å². The van der Waals surface area contributed by atoms with Crippen molar-refractivity contribution in [3.8, 4) is 0 Å². The molecule has 1 aliphatic rings. The number of ketones is 1. The van der Waals surface area contributed by atoms with Crippen LogP contribution in [-0.4, -0.2) is 44.7 Å². The van der Waals surface area contributed by atoms with Crippen LogP contribution in [0.1, 0.15) is 41.8 Å². The molecule has 1 saturated heterocycles. The van der Waals surface area contributed by atoms with Crippen molar-refractivity contribution in [1.29, 1.82) is 0 Å². The highest BCUT2D eigenvalue weighted by molar-refractivity contribution is 7.12. The summed E-state index contributed by atoms with van der Waals surface area (Å²) in [7, 11) is 0. The molecule has 1 aromatic rings. The molecule has 128 valence electrons. The first-order valence-electron chi connectivity index (χ1n) is 8.24. The summed E-state index contributed by atoms with van der Waals surface area (Å²) in [5.74, 6) is 0.580. The summed E-state index contributed by atoms with van der Waals surface area (Å²) in [6.07, 6.45) is 3.48. The van der Waals surface area contributed by atoms with E-state index in [-0.39, 0.29) is 24.5 Å². The van der Waals surface area contributed by atoms with Crippen LogP contribution < -0.4 is 5.32 Å². The number of rotatable bonds is 10. The zero-order valence-corrected chi connectivity index (χ0v) is 14.2. The van der Waals surface area contributed by atoms with Crippen LogP contribution in [0.3, 0.4) is 0 Å². The average molecular weight is 339 g/mol. The van der Waals surface area contributed by atoms with E-state index in [4.69, 9.17) is 9.47 Å². The molecular formula is C17H25NO4S. The van der Waals surface area contributed by atoms with E-state index in [2.05, 4.69) is 5.32 Å². The van der Waals surface area contributed by atoms with Crippen molar-refractivity contribution >= 4 is 23.0 Å². The van der Waals surface area contributed by atoms with Gasteiger partial charge in [0.25, 0.3) is 0 Å². The number of hydrogen-bond acceptors (Lipinski definition) is 5. The fourth-order valence-corrected chi connectivity index (χ4v) is 3.14. The lowest BCUT2D eigenvalue weighted by atomic mass is 10.0. The summed E-state index contributed by atoms with van der Waals surface area (Å²) in [5, 5.41) is 4.70. The minimum absolute atomic E-state index is 0.0370. The number of thiophene rings is 1. The zero-order valence-electron chi connectivity index (χ0n) is 13.4. The predicted molar refractivity (Wildman–Crippen MR) is 89.9 cm³/mol. The lowest BCUT2D eigenvalue weighted by Gasteiger charge is -2.21. The Morgan fingerprint density at radius 2 is 2.13 bits per heavy atom. The molecule has 0 aromatic carbocycles. The standard InChI is InChI=1S/C17H25NO4S/c19-15(16-3-1-12-23-16)4-5-17(20)18-8-2-9-22-13-14-6-10-21-11-7-14/h1,3,12,14H,2,4-11,13H2,(H,18,20). The van der Waals surface area contributed by atoms with Crippen LogP contribution in [0.2, 0.25) is 0 Å². The summed E-state index contributed by atoms with van der Waals surface area (Å²) < 4.78 is 11.0. The van der Waals surface area contributed by atoms with Crippen molar-refractivity contribution in [2.75, 3.05) is 33.0 Å². The molecular weight excluding hydrogens is 314 g/mol. The molecule has 0 bridgehead atoms. The normalized spacial score (nSPS) is 15.5. The van der Waals surface area contributed by atoms with Gasteiger partial charge in [-0.3, -0.25) is 9.59 Å². The molecule has 0 saturated carbocycles. The van der Waals surface area contributed by atoms with Crippen molar-refractivity contribution in [1.82, 2.24) is 5.32 Å². The molecule has 1 amide bonds. The van der Waals surface area contributed by atoms with Gasteiger partial charge in [0, 0.05) is 45.8 Å². The molecule has 0 aliphatic carbocycles. The second-order valence-electron chi connectivity index (χ2n) is 5.73. The first kappa shape index (κ1) is 18.1. The topological polar surface area (TPSA) is 64.6 Å². The molecule has 0 spiro atoms. The minimum Gasteiger partial charge on any atom is -0.381 e. The van der Waals surface area contributed by atoms with Gasteiger partial charge in [0.2, 0.25) is 5.91 Å². The third-order valence-electron chi connectivity index (χ3n) is 3.86. The maximum Gasteiger partial charge on any atom is 0.220 e. The van der Waals surface area contributed by atoms with Gasteiger partial charge in [-0.25, -0.2) is 0 Å². The molecule has 2 rings (SSSR count). The van der Waals surface area contributed by atoms with E-state index < -0.39 is 0 Å². The minimum atomic E-state index is -0.0701. The molecule has 23 heavy (non-hydrogen) atoms. The number of carbonyl (C=O) groups is 2. The molecule has 0 unspecified atom stereocenters. The summed E-state index contributed by atoms with van der Waals surface area (Å²) in [6, 6.07) is 3.64. The third kappa shape index (κ3) is 7.24. The van der Waals surface area contributed by atoms with Crippen LogP contribution in [0.5, 0.6) is 0 Å². The quantitative estimate of drug-likeness (QED) is 0.526. The van der Waals surface area contributed by atoms with E-state index in [0.29, 0.717) is 19.1 Å². The highest BCUT2D eigenvalue weighted by Gasteiger charge is 2.13. The highest BCUT2D eigenvalue weighted by Crippen LogP contribution is 2.14. The van der Waals surface area contributed by atoms with Crippen LogP contribution >= 0.6 is 11.3 Å². The summed E-state index contributed by atoms with van der Waals surface area (Å²) in [5.41, 5.74) is 0. The number of ether oxygens (including phenoxy) is 2. The molecule has 5 nitrogen and oxygen atoms in total. The van der Waals surface area contributed by atoms with Gasteiger partial charge in [-0.2, -0.15) is 0 Å². The molecule has 6 heteroatoms. The van der Waals surface area contributed by atoms with E-state index in [1.165, 1.54) is 11.3 Å². The Morgan fingerprint density at radius 1 is 1.30 bits per heavy atom. The van der Waals surface area contributed by atoms with E-state index in [1.54, 1.807) is 6.07 Å². The van der Waals surface area contributed by atoms with Crippen LogP contribution in [0, 0.1) is 5.92 Å². The molecule has 0 atom stereocenters. The Bertz CT molecular complexity index is 469. The Labute approximate surface area is 141 Å². The molecule has 2 heterocycles. The van der Waals surface area contributed by atoms with Crippen molar-refractivity contribution in [2.24, 2.45) is 5.92 Å². The average Bonchev–Trinajstić information content (AvgIpc) is 3.11. The fourth-order valence-electron chi connectivity index (χ4n) is 2.44. The maximum absolute atomic E-state index is 11.8. The van der Waals surface area contributed by atoms with E-state index in [1.807, 2.05) is 11.4 Å². The Hall–Kier alpha value is -1.24. The Morgan fingerprint density at radius 3 is 2.87 bits per heavy atom. The van der Waals surface area contributed by atoms with Gasteiger partial charge in [0.05, 0.1) is 4.88 Å². The van der Waals surface area contributed by atoms with Crippen molar-refractivity contribution in [3.63, 3.8) is 0 Å². The largest absolute Gasteiger partial charge is 0.381 e. The molecule has 1 aliphatic heterocycles. The Balaban J connectivity index is 1.44. The van der Waals surface area contributed by atoms with Gasteiger partial charge in [0.15, 0.2) is 5.78 Å². The molecule has 1 aromatic heterocycles. The number of hydrogen-bond donors (Lipinski definition) is 1. The lowest BCUT2D eigenvalue weighted by molar-refractivity contribution is -0.121. The van der Waals surface area contributed by atoms with Crippen molar-refractivity contribution < 1.29 is 19.1 Å². The second kappa shape index (κ2) is 10.5. The first-order chi connectivity index (χ1) is 11.3. The second-order valence-corrected chi connectivity index (χ2v) is 6.68. The van der Waals surface area contributed by atoms with Gasteiger partial charge >= 0.3 is 0 Å². The lowest BCUT2D eigenvalue weighted by Crippen LogP contribution is -2.26. The van der Waals surface area contributed by atoms with Crippen molar-refractivity contribution in [3.05, 3.63) is 22.4 Å². The van der Waals surface area contributed by atoms with Crippen molar-refractivity contribution in [2.45, 2.75) is 32.1 Å². The number of Topliss-reactive ketones (excluding diaryl/α,β-unsaturated/α-hetero) is 1. The first-order valence-corrected chi connectivity index (χ1v) is 9.12. The number of carbonyl (C=O) groups excluding carboxylic acids is 2. The SMILES string of the molecule is O=C(CCC(=O)c1cccs1)NCCCOCC1CCOCC1. The number of nitrogens with one attached hydrogen (secondary N) is 1. The maximum atomic E-state index is 11.8. The van der Waals surface area contributed by atoms with Gasteiger partial charge in [-0.15, -0.1) is 11.3 Å². The Kier molecular flexibility index (Phi) is 8.28. The smallest absolute Gasteiger partial charge is 0.220 e. The van der Waals surface area contributed by atoms with Crippen LogP contribution in [0.15, 0.2) is 17.5 Å². The van der Waals surface area contributed by atoms with E-state index in [0.717, 1.165) is 44.0 Å². The molecule has 1 fully saturated rings.